The minimum atomic E-state index is 0.539. The second kappa shape index (κ2) is 3.62. The summed E-state index contributed by atoms with van der Waals surface area (Å²) in [4.78, 5) is 0. The second-order valence-corrected chi connectivity index (χ2v) is 4.63. The van der Waals surface area contributed by atoms with Crippen LogP contribution in [-0.2, 0) is 12.4 Å². The van der Waals surface area contributed by atoms with Gasteiger partial charge in [-0.15, -0.1) is 11.6 Å². The summed E-state index contributed by atoms with van der Waals surface area (Å²) in [5.74, 6) is 1.38. The summed E-state index contributed by atoms with van der Waals surface area (Å²) in [6.07, 6.45) is 2.70. The summed E-state index contributed by atoms with van der Waals surface area (Å²) >= 11 is 9.35. The number of aryl methyl sites for hydroxylation is 1. The van der Waals surface area contributed by atoms with Crippen molar-refractivity contribution in [2.45, 2.75) is 32.2 Å². The van der Waals surface area contributed by atoms with Crippen LogP contribution < -0.4 is 0 Å². The van der Waals surface area contributed by atoms with Gasteiger partial charge in [0, 0.05) is 12.1 Å². The molecule has 1 aliphatic rings. The summed E-state index contributed by atoms with van der Waals surface area (Å²) in [5.41, 5.74) is 2.17. The highest BCUT2D eigenvalue weighted by Crippen LogP contribution is 2.32. The highest BCUT2D eigenvalue weighted by Gasteiger charge is 2.24. The lowest BCUT2D eigenvalue weighted by Crippen LogP contribution is -2.02. The van der Waals surface area contributed by atoms with Crippen molar-refractivity contribution in [3.63, 3.8) is 0 Å². The van der Waals surface area contributed by atoms with E-state index in [-0.39, 0.29) is 0 Å². The van der Waals surface area contributed by atoms with E-state index < -0.39 is 0 Å². The lowest BCUT2D eigenvalue weighted by atomic mass is 10.3. The fourth-order valence-electron chi connectivity index (χ4n) is 1.41. The molecule has 0 spiro atoms. The average Bonchev–Trinajstić information content (AvgIpc) is 2.83. The molecule has 0 aliphatic heterocycles. The van der Waals surface area contributed by atoms with Crippen molar-refractivity contribution >= 4 is 27.5 Å². The highest BCUT2D eigenvalue weighted by molar-refractivity contribution is 9.10. The molecule has 1 aliphatic carbocycles. The first-order chi connectivity index (χ1) is 6.22. The zero-order valence-corrected chi connectivity index (χ0v) is 9.90. The molecule has 0 saturated heterocycles. The molecule has 2 rings (SSSR count). The van der Waals surface area contributed by atoms with Gasteiger partial charge in [-0.1, -0.05) is 0 Å². The van der Waals surface area contributed by atoms with Gasteiger partial charge < -0.3 is 0 Å². The van der Waals surface area contributed by atoms with Crippen LogP contribution in [0.5, 0.6) is 0 Å². The maximum atomic E-state index is 5.82. The quantitative estimate of drug-likeness (QED) is 0.766. The van der Waals surface area contributed by atoms with Crippen molar-refractivity contribution in [3.8, 4) is 0 Å². The molecule has 0 aromatic carbocycles. The number of hydrogen-bond donors (Lipinski definition) is 0. The number of rotatable bonds is 3. The molecule has 0 radical (unpaired) electrons. The third-order valence-electron chi connectivity index (χ3n) is 2.44. The number of halogens is 2. The molecular weight excluding hydrogens is 251 g/mol. The van der Waals surface area contributed by atoms with E-state index in [2.05, 4.69) is 21.0 Å². The van der Waals surface area contributed by atoms with E-state index in [1.165, 1.54) is 12.8 Å². The Morgan fingerprint density at radius 1 is 1.62 bits per heavy atom. The molecule has 1 saturated carbocycles. The third kappa shape index (κ3) is 1.91. The van der Waals surface area contributed by atoms with Gasteiger partial charge in [-0.3, -0.25) is 4.68 Å². The highest BCUT2D eigenvalue weighted by atomic mass is 79.9. The van der Waals surface area contributed by atoms with Crippen LogP contribution in [0.3, 0.4) is 0 Å². The van der Waals surface area contributed by atoms with Gasteiger partial charge in [0.25, 0.3) is 0 Å². The molecule has 0 amide bonds. The first kappa shape index (κ1) is 9.53. The SMILES string of the molecule is Cc1nn(CC2CC2)c(Br)c1CCl. The molecule has 2 nitrogen and oxygen atoms in total. The van der Waals surface area contributed by atoms with Crippen LogP contribution in [0.15, 0.2) is 4.60 Å². The Hall–Kier alpha value is -0.0200. The summed E-state index contributed by atoms with van der Waals surface area (Å²) in [6, 6.07) is 0. The predicted octanol–water partition coefficient (Wildman–Crippen LogP) is 3.10. The van der Waals surface area contributed by atoms with Crippen LogP contribution in [0.4, 0.5) is 0 Å². The number of nitrogens with zero attached hydrogens (tertiary/aromatic N) is 2. The minimum Gasteiger partial charge on any atom is -0.258 e. The van der Waals surface area contributed by atoms with E-state index in [1.807, 2.05) is 11.6 Å². The third-order valence-corrected chi connectivity index (χ3v) is 3.60. The minimum absolute atomic E-state index is 0.539. The maximum Gasteiger partial charge on any atom is 0.108 e. The van der Waals surface area contributed by atoms with E-state index in [1.54, 1.807) is 0 Å². The Kier molecular flexibility index (Phi) is 2.65. The average molecular weight is 264 g/mol. The van der Waals surface area contributed by atoms with Gasteiger partial charge in [-0.2, -0.15) is 5.10 Å². The van der Waals surface area contributed by atoms with Gasteiger partial charge in [0.2, 0.25) is 0 Å². The van der Waals surface area contributed by atoms with E-state index >= 15 is 0 Å². The Balaban J connectivity index is 2.23. The summed E-state index contributed by atoms with van der Waals surface area (Å²) in [6.45, 7) is 3.05. The van der Waals surface area contributed by atoms with Gasteiger partial charge in [-0.05, 0) is 41.6 Å². The van der Waals surface area contributed by atoms with E-state index in [0.29, 0.717) is 5.88 Å². The van der Waals surface area contributed by atoms with Crippen molar-refractivity contribution in [2.75, 3.05) is 0 Å². The maximum absolute atomic E-state index is 5.82. The normalized spacial score (nSPS) is 16.5. The van der Waals surface area contributed by atoms with Gasteiger partial charge >= 0.3 is 0 Å². The molecule has 0 bridgehead atoms. The molecule has 1 fully saturated rings. The van der Waals surface area contributed by atoms with Gasteiger partial charge in [0.1, 0.15) is 4.60 Å². The van der Waals surface area contributed by atoms with Crippen LogP contribution >= 0.6 is 27.5 Å². The number of aromatic nitrogens is 2. The van der Waals surface area contributed by atoms with Crippen molar-refractivity contribution in [1.82, 2.24) is 9.78 Å². The monoisotopic (exact) mass is 262 g/mol. The van der Waals surface area contributed by atoms with Gasteiger partial charge in [0.05, 0.1) is 11.6 Å². The molecule has 1 aromatic heterocycles. The first-order valence-electron chi connectivity index (χ1n) is 4.50. The standard InChI is InChI=1S/C9H12BrClN2/c1-6-8(4-11)9(10)13(12-6)5-7-2-3-7/h7H,2-5H2,1H3. The lowest BCUT2D eigenvalue weighted by molar-refractivity contribution is 0.549. The molecule has 1 heterocycles. The van der Waals surface area contributed by atoms with Gasteiger partial charge in [0.15, 0.2) is 0 Å². The van der Waals surface area contributed by atoms with Crippen LogP contribution in [0.25, 0.3) is 0 Å². The molecule has 4 heteroatoms. The predicted molar refractivity (Wildman–Crippen MR) is 56.9 cm³/mol. The van der Waals surface area contributed by atoms with Crippen molar-refractivity contribution in [3.05, 3.63) is 15.9 Å². The van der Waals surface area contributed by atoms with E-state index in [9.17, 15) is 0 Å². The molecular formula is C9H12BrClN2. The Morgan fingerprint density at radius 3 is 2.77 bits per heavy atom. The Labute approximate surface area is 91.4 Å². The molecule has 72 valence electrons. The zero-order chi connectivity index (χ0) is 9.42. The van der Waals surface area contributed by atoms with E-state index in [4.69, 9.17) is 11.6 Å². The fraction of sp³-hybridized carbons (Fsp3) is 0.667. The second-order valence-electron chi connectivity index (χ2n) is 3.61. The van der Waals surface area contributed by atoms with Crippen molar-refractivity contribution < 1.29 is 0 Å². The lowest BCUT2D eigenvalue weighted by Gasteiger charge is -2.00. The topological polar surface area (TPSA) is 17.8 Å². The van der Waals surface area contributed by atoms with Gasteiger partial charge in [-0.25, -0.2) is 0 Å². The largest absolute Gasteiger partial charge is 0.258 e. The number of alkyl halides is 1. The van der Waals surface area contributed by atoms with Crippen LogP contribution in [-0.4, -0.2) is 9.78 Å². The summed E-state index contributed by atoms with van der Waals surface area (Å²) in [5, 5.41) is 4.45. The van der Waals surface area contributed by atoms with Crippen LogP contribution in [0.1, 0.15) is 24.1 Å². The Morgan fingerprint density at radius 2 is 2.31 bits per heavy atom. The summed E-state index contributed by atoms with van der Waals surface area (Å²) < 4.78 is 3.09. The van der Waals surface area contributed by atoms with Crippen LogP contribution in [0.2, 0.25) is 0 Å². The zero-order valence-electron chi connectivity index (χ0n) is 7.56. The Bertz CT molecular complexity index is 318. The van der Waals surface area contributed by atoms with Crippen LogP contribution in [0, 0.1) is 12.8 Å². The summed E-state index contributed by atoms with van der Waals surface area (Å²) in [7, 11) is 0. The molecule has 13 heavy (non-hydrogen) atoms. The fourth-order valence-corrected chi connectivity index (χ4v) is 2.54. The molecule has 1 aromatic rings. The number of hydrogen-bond acceptors (Lipinski definition) is 1. The molecule has 0 N–H and O–H groups in total. The molecule has 0 unspecified atom stereocenters. The van der Waals surface area contributed by atoms with E-state index in [0.717, 1.165) is 28.3 Å². The molecule has 0 atom stereocenters. The van der Waals surface area contributed by atoms with Crippen molar-refractivity contribution in [2.24, 2.45) is 5.92 Å². The first-order valence-corrected chi connectivity index (χ1v) is 5.83. The van der Waals surface area contributed by atoms with Crippen molar-refractivity contribution in [1.29, 1.82) is 0 Å². The smallest absolute Gasteiger partial charge is 0.108 e.